The lowest BCUT2D eigenvalue weighted by atomic mass is 9.98. The van der Waals surface area contributed by atoms with Gasteiger partial charge in [0.25, 0.3) is 0 Å². The molecule has 0 bridgehead atoms. The number of morpholine rings is 1. The van der Waals surface area contributed by atoms with E-state index in [-0.39, 0.29) is 11.8 Å². The monoisotopic (exact) mass is 262 g/mol. The smallest absolute Gasteiger partial charge is 0.229 e. The molecule has 1 amide bonds. The van der Waals surface area contributed by atoms with Crippen molar-refractivity contribution in [1.82, 2.24) is 14.9 Å². The van der Waals surface area contributed by atoms with Gasteiger partial charge in [-0.15, -0.1) is 0 Å². The summed E-state index contributed by atoms with van der Waals surface area (Å²) in [7, 11) is 0. The fourth-order valence-electron chi connectivity index (χ4n) is 2.47. The Bertz CT molecular complexity index is 467. The molecule has 2 saturated heterocycles. The first-order valence-corrected chi connectivity index (χ1v) is 6.64. The minimum absolute atomic E-state index is 0.0976. The topological polar surface area (TPSA) is 58.6 Å². The Kier molecular flexibility index (Phi) is 3.33. The van der Waals surface area contributed by atoms with Crippen LogP contribution in [0.5, 0.6) is 0 Å². The first kappa shape index (κ1) is 12.3. The molecular formula is C13H18N4O2. The molecule has 6 nitrogen and oxygen atoms in total. The summed E-state index contributed by atoms with van der Waals surface area (Å²) in [5.74, 6) is 1.21. The molecule has 0 saturated carbocycles. The zero-order chi connectivity index (χ0) is 13.2. The van der Waals surface area contributed by atoms with Gasteiger partial charge >= 0.3 is 0 Å². The SMILES string of the molecule is Cc1cncc(N2CC(C(=O)N3CCOCC3)C2)n1. The molecule has 1 aromatic heterocycles. The van der Waals surface area contributed by atoms with Crippen molar-refractivity contribution >= 4 is 11.7 Å². The van der Waals surface area contributed by atoms with Crippen LogP contribution in [0.15, 0.2) is 12.4 Å². The van der Waals surface area contributed by atoms with E-state index in [1.54, 1.807) is 12.4 Å². The molecule has 2 fully saturated rings. The third-order valence-electron chi connectivity index (χ3n) is 3.62. The molecule has 0 aromatic carbocycles. The fourth-order valence-corrected chi connectivity index (χ4v) is 2.47. The predicted octanol–water partition coefficient (Wildman–Crippen LogP) is 0.0800. The average molecular weight is 262 g/mol. The second-order valence-corrected chi connectivity index (χ2v) is 5.06. The number of amides is 1. The number of carbonyl (C=O) groups is 1. The molecule has 3 rings (SSSR count). The number of hydrogen-bond acceptors (Lipinski definition) is 5. The molecule has 6 heteroatoms. The van der Waals surface area contributed by atoms with Crippen molar-refractivity contribution in [3.05, 3.63) is 18.1 Å². The third-order valence-corrected chi connectivity index (χ3v) is 3.62. The molecule has 3 heterocycles. The Morgan fingerprint density at radius 3 is 2.74 bits per heavy atom. The Morgan fingerprint density at radius 1 is 1.32 bits per heavy atom. The number of anilines is 1. The van der Waals surface area contributed by atoms with E-state index in [0.717, 1.165) is 37.7 Å². The third kappa shape index (κ3) is 2.53. The zero-order valence-corrected chi connectivity index (χ0v) is 11.1. The van der Waals surface area contributed by atoms with E-state index in [1.165, 1.54) is 0 Å². The summed E-state index contributed by atoms with van der Waals surface area (Å²) in [5.41, 5.74) is 0.903. The maximum Gasteiger partial charge on any atom is 0.229 e. The average Bonchev–Trinajstić information content (AvgIpc) is 2.38. The molecule has 0 atom stereocenters. The summed E-state index contributed by atoms with van der Waals surface area (Å²) in [6.45, 7) is 6.17. The van der Waals surface area contributed by atoms with Crippen LogP contribution in [0.2, 0.25) is 0 Å². The van der Waals surface area contributed by atoms with Crippen molar-refractivity contribution in [2.75, 3.05) is 44.3 Å². The maximum absolute atomic E-state index is 12.2. The zero-order valence-electron chi connectivity index (χ0n) is 11.1. The second-order valence-electron chi connectivity index (χ2n) is 5.06. The van der Waals surface area contributed by atoms with E-state index in [9.17, 15) is 4.79 Å². The highest BCUT2D eigenvalue weighted by atomic mass is 16.5. The number of carbonyl (C=O) groups excluding carboxylic acids is 1. The van der Waals surface area contributed by atoms with Gasteiger partial charge < -0.3 is 14.5 Å². The van der Waals surface area contributed by atoms with Crippen LogP contribution in [0.4, 0.5) is 5.82 Å². The van der Waals surface area contributed by atoms with Crippen molar-refractivity contribution < 1.29 is 9.53 Å². The highest BCUT2D eigenvalue weighted by Crippen LogP contribution is 2.24. The minimum atomic E-state index is 0.0976. The van der Waals surface area contributed by atoms with Crippen LogP contribution >= 0.6 is 0 Å². The Balaban J connectivity index is 1.56. The van der Waals surface area contributed by atoms with E-state index in [0.29, 0.717) is 13.2 Å². The molecule has 2 aliphatic heterocycles. The van der Waals surface area contributed by atoms with Gasteiger partial charge in [0.05, 0.1) is 31.0 Å². The number of ether oxygens (including phenoxy) is 1. The molecule has 0 spiro atoms. The van der Waals surface area contributed by atoms with Crippen molar-refractivity contribution in [1.29, 1.82) is 0 Å². The van der Waals surface area contributed by atoms with Gasteiger partial charge in [0, 0.05) is 32.4 Å². The van der Waals surface area contributed by atoms with Gasteiger partial charge in [-0.05, 0) is 6.92 Å². The van der Waals surface area contributed by atoms with E-state index in [1.807, 2.05) is 11.8 Å². The van der Waals surface area contributed by atoms with Crippen molar-refractivity contribution in [2.24, 2.45) is 5.92 Å². The lowest BCUT2D eigenvalue weighted by Gasteiger charge is -2.41. The van der Waals surface area contributed by atoms with E-state index in [2.05, 4.69) is 14.9 Å². The Hall–Kier alpha value is -1.69. The van der Waals surface area contributed by atoms with Crippen LogP contribution in [0.3, 0.4) is 0 Å². The Labute approximate surface area is 112 Å². The normalized spacial score (nSPS) is 20.3. The van der Waals surface area contributed by atoms with Gasteiger partial charge in [0.15, 0.2) is 0 Å². The van der Waals surface area contributed by atoms with E-state index in [4.69, 9.17) is 4.74 Å². The molecule has 1 aromatic rings. The van der Waals surface area contributed by atoms with Gasteiger partial charge in [-0.25, -0.2) is 4.98 Å². The molecule has 102 valence electrons. The van der Waals surface area contributed by atoms with Crippen LogP contribution in [-0.2, 0) is 9.53 Å². The van der Waals surface area contributed by atoms with Gasteiger partial charge in [-0.1, -0.05) is 0 Å². The number of aromatic nitrogens is 2. The van der Waals surface area contributed by atoms with Crippen molar-refractivity contribution in [3.8, 4) is 0 Å². The molecule has 19 heavy (non-hydrogen) atoms. The summed E-state index contributed by atoms with van der Waals surface area (Å²) >= 11 is 0. The van der Waals surface area contributed by atoms with Crippen molar-refractivity contribution in [3.63, 3.8) is 0 Å². The van der Waals surface area contributed by atoms with Gasteiger partial charge in [-0.2, -0.15) is 0 Å². The first-order chi connectivity index (χ1) is 9.24. The van der Waals surface area contributed by atoms with Gasteiger partial charge in [0.2, 0.25) is 5.91 Å². The van der Waals surface area contributed by atoms with Crippen molar-refractivity contribution in [2.45, 2.75) is 6.92 Å². The van der Waals surface area contributed by atoms with Gasteiger partial charge in [0.1, 0.15) is 5.82 Å². The summed E-state index contributed by atoms with van der Waals surface area (Å²) in [4.78, 5) is 24.8. The Morgan fingerprint density at radius 2 is 2.05 bits per heavy atom. The number of rotatable bonds is 2. The quantitative estimate of drug-likeness (QED) is 0.755. The van der Waals surface area contributed by atoms with Crippen LogP contribution in [0, 0.1) is 12.8 Å². The van der Waals surface area contributed by atoms with E-state index >= 15 is 0 Å². The first-order valence-electron chi connectivity index (χ1n) is 6.64. The lowest BCUT2D eigenvalue weighted by Crippen LogP contribution is -2.56. The molecular weight excluding hydrogens is 244 g/mol. The predicted molar refractivity (Wildman–Crippen MR) is 69.9 cm³/mol. The highest BCUT2D eigenvalue weighted by molar-refractivity contribution is 5.82. The molecule has 2 aliphatic rings. The van der Waals surface area contributed by atoms with Crippen LogP contribution in [0.25, 0.3) is 0 Å². The molecule has 0 aliphatic carbocycles. The molecule has 0 unspecified atom stereocenters. The summed E-state index contributed by atoms with van der Waals surface area (Å²) in [5, 5.41) is 0. The largest absolute Gasteiger partial charge is 0.378 e. The fraction of sp³-hybridized carbons (Fsp3) is 0.615. The molecule has 0 radical (unpaired) electrons. The summed E-state index contributed by atoms with van der Waals surface area (Å²) in [6.07, 6.45) is 3.49. The lowest BCUT2D eigenvalue weighted by molar-refractivity contribution is -0.140. The molecule has 0 N–H and O–H groups in total. The number of hydrogen-bond donors (Lipinski definition) is 0. The maximum atomic E-state index is 12.2. The van der Waals surface area contributed by atoms with Gasteiger partial charge in [-0.3, -0.25) is 9.78 Å². The second kappa shape index (κ2) is 5.13. The number of nitrogens with zero attached hydrogens (tertiary/aromatic N) is 4. The standard InChI is InChI=1S/C13H18N4O2/c1-10-6-14-7-12(15-10)17-8-11(9-17)13(18)16-2-4-19-5-3-16/h6-7,11H,2-5,8-9H2,1H3. The summed E-state index contributed by atoms with van der Waals surface area (Å²) in [6, 6.07) is 0. The van der Waals surface area contributed by atoms with Crippen LogP contribution in [-0.4, -0.2) is 60.2 Å². The summed E-state index contributed by atoms with van der Waals surface area (Å²) < 4.78 is 5.26. The number of aryl methyl sites for hydroxylation is 1. The van der Waals surface area contributed by atoms with E-state index < -0.39 is 0 Å². The van der Waals surface area contributed by atoms with Crippen LogP contribution < -0.4 is 4.90 Å². The minimum Gasteiger partial charge on any atom is -0.378 e. The highest BCUT2D eigenvalue weighted by Gasteiger charge is 2.36. The van der Waals surface area contributed by atoms with Crippen LogP contribution in [0.1, 0.15) is 5.69 Å².